The van der Waals surface area contributed by atoms with Crippen molar-refractivity contribution in [3.05, 3.63) is 41.8 Å². The first-order valence-electron chi connectivity index (χ1n) is 4.01. The van der Waals surface area contributed by atoms with E-state index in [2.05, 4.69) is 45.9 Å². The van der Waals surface area contributed by atoms with Gasteiger partial charge >= 0.3 is 0 Å². The molecule has 0 saturated carbocycles. The third-order valence-electron chi connectivity index (χ3n) is 1.96. The van der Waals surface area contributed by atoms with Gasteiger partial charge in [-0.25, -0.2) is 0 Å². The Kier molecular flexibility index (Phi) is 2.33. The molecule has 1 rings (SSSR count). The highest BCUT2D eigenvalue weighted by Gasteiger charge is 2.01. The second kappa shape index (κ2) is 3.08. The van der Waals surface area contributed by atoms with Gasteiger partial charge in [-0.2, -0.15) is 0 Å². The van der Waals surface area contributed by atoms with E-state index in [9.17, 15) is 0 Å². The molecule has 0 nitrogen and oxygen atoms in total. The topological polar surface area (TPSA) is 0 Å². The van der Waals surface area contributed by atoms with E-state index in [0.29, 0.717) is 5.92 Å². The fourth-order valence-electron chi connectivity index (χ4n) is 1.38. The Morgan fingerprint density at radius 2 is 1.91 bits per heavy atom. The number of hydrogen-bond acceptors (Lipinski definition) is 0. The summed E-state index contributed by atoms with van der Waals surface area (Å²) in [6, 6.07) is 6.52. The van der Waals surface area contributed by atoms with E-state index < -0.39 is 0 Å². The fraction of sp³-hybridized carbons (Fsp3) is 0.364. The Balaban J connectivity index is 3.09. The Morgan fingerprint density at radius 3 is 2.36 bits per heavy atom. The molecule has 0 spiro atoms. The minimum absolute atomic E-state index is 0.399. The summed E-state index contributed by atoms with van der Waals surface area (Å²) in [6.07, 6.45) is 0. The fourth-order valence-corrected chi connectivity index (χ4v) is 1.38. The molecule has 0 bridgehead atoms. The molecule has 1 unspecified atom stereocenters. The van der Waals surface area contributed by atoms with Crippen molar-refractivity contribution in [2.24, 2.45) is 0 Å². The molecule has 0 aromatic heterocycles. The molecule has 0 heteroatoms. The van der Waals surface area contributed by atoms with Crippen LogP contribution in [0.1, 0.15) is 29.5 Å². The van der Waals surface area contributed by atoms with Crippen LogP contribution in [-0.2, 0) is 0 Å². The zero-order chi connectivity index (χ0) is 8.43. The average Bonchev–Trinajstić information content (AvgIpc) is 1.85. The van der Waals surface area contributed by atoms with Crippen LogP contribution < -0.4 is 0 Å². The molecule has 0 aliphatic carbocycles. The van der Waals surface area contributed by atoms with Crippen molar-refractivity contribution in [2.45, 2.75) is 26.7 Å². The van der Waals surface area contributed by atoms with Gasteiger partial charge in [0.2, 0.25) is 0 Å². The van der Waals surface area contributed by atoms with E-state index in [1.54, 1.807) is 0 Å². The van der Waals surface area contributed by atoms with E-state index in [1.165, 1.54) is 16.7 Å². The zero-order valence-corrected chi connectivity index (χ0v) is 7.52. The summed E-state index contributed by atoms with van der Waals surface area (Å²) in [5.74, 6) is 0.399. The number of aryl methyl sites for hydroxylation is 2. The van der Waals surface area contributed by atoms with Crippen molar-refractivity contribution in [2.75, 3.05) is 0 Å². The molecule has 1 aromatic carbocycles. The predicted octanol–water partition coefficient (Wildman–Crippen LogP) is 3.24. The van der Waals surface area contributed by atoms with Crippen LogP contribution in [0.3, 0.4) is 0 Å². The molecule has 1 atom stereocenters. The molecule has 0 saturated heterocycles. The molecule has 0 amide bonds. The monoisotopic (exact) mass is 147 g/mol. The van der Waals surface area contributed by atoms with Crippen molar-refractivity contribution in [3.63, 3.8) is 0 Å². The lowest BCUT2D eigenvalue weighted by Crippen LogP contribution is -1.91. The molecular formula is C11H15. The maximum atomic E-state index is 4.00. The summed E-state index contributed by atoms with van der Waals surface area (Å²) in [4.78, 5) is 0. The van der Waals surface area contributed by atoms with Crippen molar-refractivity contribution in [3.8, 4) is 0 Å². The van der Waals surface area contributed by atoms with Crippen molar-refractivity contribution in [1.82, 2.24) is 0 Å². The van der Waals surface area contributed by atoms with Crippen LogP contribution in [0.15, 0.2) is 18.2 Å². The molecule has 1 radical (unpaired) electrons. The van der Waals surface area contributed by atoms with Crippen LogP contribution in [0.2, 0.25) is 0 Å². The lowest BCUT2D eigenvalue weighted by atomic mass is 9.97. The highest BCUT2D eigenvalue weighted by Crippen LogP contribution is 2.18. The van der Waals surface area contributed by atoms with E-state index in [4.69, 9.17) is 0 Å². The highest BCUT2D eigenvalue weighted by atomic mass is 14.1. The van der Waals surface area contributed by atoms with Crippen molar-refractivity contribution < 1.29 is 0 Å². The normalized spacial score (nSPS) is 10.6. The van der Waals surface area contributed by atoms with Gasteiger partial charge in [-0.15, -0.1) is 0 Å². The summed E-state index contributed by atoms with van der Waals surface area (Å²) >= 11 is 0. The van der Waals surface area contributed by atoms with Gasteiger partial charge in [0.15, 0.2) is 0 Å². The molecule has 59 valence electrons. The van der Waals surface area contributed by atoms with Crippen molar-refractivity contribution >= 4 is 0 Å². The third kappa shape index (κ3) is 1.83. The van der Waals surface area contributed by atoms with E-state index in [1.807, 2.05) is 0 Å². The largest absolute Gasteiger partial charge is 0.0590 e. The van der Waals surface area contributed by atoms with Gasteiger partial charge in [-0.1, -0.05) is 30.7 Å². The minimum Gasteiger partial charge on any atom is -0.0590 e. The first kappa shape index (κ1) is 8.32. The maximum Gasteiger partial charge on any atom is -0.0188 e. The average molecular weight is 147 g/mol. The first-order valence-corrected chi connectivity index (χ1v) is 4.01. The Labute approximate surface area is 69.3 Å². The second-order valence-corrected chi connectivity index (χ2v) is 3.26. The van der Waals surface area contributed by atoms with Gasteiger partial charge in [0.25, 0.3) is 0 Å². The van der Waals surface area contributed by atoms with Crippen LogP contribution >= 0.6 is 0 Å². The van der Waals surface area contributed by atoms with Gasteiger partial charge in [0, 0.05) is 0 Å². The van der Waals surface area contributed by atoms with Crippen LogP contribution in [0, 0.1) is 20.8 Å². The maximum absolute atomic E-state index is 4.00. The van der Waals surface area contributed by atoms with E-state index in [0.717, 1.165) is 0 Å². The van der Waals surface area contributed by atoms with Crippen LogP contribution in [0.5, 0.6) is 0 Å². The molecule has 1 aromatic rings. The molecule has 0 fully saturated rings. The summed E-state index contributed by atoms with van der Waals surface area (Å²) in [5, 5.41) is 0. The third-order valence-corrected chi connectivity index (χ3v) is 1.96. The summed E-state index contributed by atoms with van der Waals surface area (Å²) < 4.78 is 0. The quantitative estimate of drug-likeness (QED) is 0.572. The molecule has 0 N–H and O–H groups in total. The number of rotatable bonds is 1. The van der Waals surface area contributed by atoms with E-state index in [-0.39, 0.29) is 0 Å². The highest BCUT2D eigenvalue weighted by molar-refractivity contribution is 5.33. The Bertz CT molecular complexity index is 246. The minimum atomic E-state index is 0.399. The molecular weight excluding hydrogens is 132 g/mol. The lowest BCUT2D eigenvalue weighted by Gasteiger charge is -2.09. The van der Waals surface area contributed by atoms with Crippen LogP contribution in [0.25, 0.3) is 0 Å². The van der Waals surface area contributed by atoms with Gasteiger partial charge in [0.05, 0.1) is 0 Å². The predicted molar refractivity (Wildman–Crippen MR) is 49.7 cm³/mol. The standard InChI is InChI=1S/C11H15/c1-8(2)11-6-5-9(3)7-10(11)4/h5-8H,1H2,2-4H3. The van der Waals surface area contributed by atoms with E-state index >= 15 is 0 Å². The Morgan fingerprint density at radius 1 is 1.27 bits per heavy atom. The second-order valence-electron chi connectivity index (χ2n) is 3.26. The lowest BCUT2D eigenvalue weighted by molar-refractivity contribution is 0.947. The van der Waals surface area contributed by atoms with Gasteiger partial charge in [-0.3, -0.25) is 0 Å². The smallest absolute Gasteiger partial charge is 0.0188 e. The van der Waals surface area contributed by atoms with Gasteiger partial charge < -0.3 is 0 Å². The van der Waals surface area contributed by atoms with Gasteiger partial charge in [0.1, 0.15) is 0 Å². The first-order chi connectivity index (χ1) is 5.11. The molecule has 0 aliphatic heterocycles. The Hall–Kier alpha value is -0.780. The molecule has 0 aliphatic rings. The summed E-state index contributed by atoms with van der Waals surface area (Å²) in [6.45, 7) is 10.4. The molecule has 0 heterocycles. The number of benzene rings is 1. The van der Waals surface area contributed by atoms with Crippen LogP contribution in [-0.4, -0.2) is 0 Å². The molecule has 11 heavy (non-hydrogen) atoms. The van der Waals surface area contributed by atoms with Crippen molar-refractivity contribution in [1.29, 1.82) is 0 Å². The zero-order valence-electron chi connectivity index (χ0n) is 7.52. The van der Waals surface area contributed by atoms with Crippen LogP contribution in [0.4, 0.5) is 0 Å². The summed E-state index contributed by atoms with van der Waals surface area (Å²) in [5.41, 5.74) is 4.04. The number of hydrogen-bond donors (Lipinski definition) is 0. The van der Waals surface area contributed by atoms with Gasteiger partial charge in [-0.05, 0) is 37.8 Å². The summed E-state index contributed by atoms with van der Waals surface area (Å²) in [7, 11) is 0. The SMILES string of the molecule is [CH2]C(C)c1ccc(C)cc1C.